The molecule has 32 heavy (non-hydrogen) atoms. The third kappa shape index (κ3) is 4.30. The molecule has 1 heterocycles. The van der Waals surface area contributed by atoms with Crippen molar-refractivity contribution in [2.75, 3.05) is 6.61 Å². The van der Waals surface area contributed by atoms with Gasteiger partial charge in [-0.25, -0.2) is 4.79 Å². The third-order valence-electron chi connectivity index (χ3n) is 5.36. The first-order chi connectivity index (χ1) is 15.4. The molecule has 2 aromatic carbocycles. The summed E-state index contributed by atoms with van der Waals surface area (Å²) in [6, 6.07) is 13.1. The molecule has 0 bridgehead atoms. The second-order valence-corrected chi connectivity index (χ2v) is 7.76. The molecule has 8 nitrogen and oxygen atoms in total. The van der Waals surface area contributed by atoms with Gasteiger partial charge in [-0.05, 0) is 24.8 Å². The Morgan fingerprint density at radius 1 is 1.16 bits per heavy atom. The van der Waals surface area contributed by atoms with E-state index in [9.17, 15) is 14.4 Å². The molecule has 3 aromatic rings. The van der Waals surface area contributed by atoms with Gasteiger partial charge in [0.05, 0.1) is 22.6 Å². The Hall–Kier alpha value is -3.81. The molecule has 1 saturated carbocycles. The number of amides is 1. The third-order valence-corrected chi connectivity index (χ3v) is 5.36. The van der Waals surface area contributed by atoms with Crippen LogP contribution in [0.15, 0.2) is 42.5 Å². The highest BCUT2D eigenvalue weighted by Gasteiger charge is 2.30. The quantitative estimate of drug-likeness (QED) is 0.372. The number of hydrogen-bond acceptors (Lipinski definition) is 5. The number of primary amides is 1. The molecule has 166 valence electrons. The van der Waals surface area contributed by atoms with Crippen LogP contribution in [0, 0.1) is 0 Å². The van der Waals surface area contributed by atoms with Gasteiger partial charge in [0, 0.05) is 24.4 Å². The molecule has 0 aliphatic heterocycles. The van der Waals surface area contributed by atoms with E-state index >= 15 is 0 Å². The number of ether oxygens (including phenoxy) is 2. The van der Waals surface area contributed by atoms with Crippen LogP contribution < -0.4 is 15.2 Å². The largest absolute Gasteiger partial charge is 0.490 e. The minimum absolute atomic E-state index is 0.106. The molecular weight excluding hydrogens is 412 g/mol. The van der Waals surface area contributed by atoms with Crippen LogP contribution in [-0.4, -0.2) is 40.0 Å². The average Bonchev–Trinajstić information content (AvgIpc) is 3.53. The van der Waals surface area contributed by atoms with Crippen LogP contribution in [0.2, 0.25) is 0 Å². The van der Waals surface area contributed by atoms with Crippen molar-refractivity contribution in [3.05, 3.63) is 59.3 Å². The molecule has 8 heteroatoms. The molecule has 0 atom stereocenters. The maximum absolute atomic E-state index is 12.9. The number of rotatable bonds is 10. The van der Waals surface area contributed by atoms with Gasteiger partial charge in [-0.3, -0.25) is 9.59 Å². The zero-order valence-corrected chi connectivity index (χ0v) is 17.7. The van der Waals surface area contributed by atoms with Crippen LogP contribution in [0.5, 0.6) is 11.5 Å². The molecular formula is C24H24N2O6. The fraction of sp³-hybridized carbons (Fsp3) is 0.292. The summed E-state index contributed by atoms with van der Waals surface area (Å²) in [5.74, 6) is -2.39. The molecule has 0 unspecified atom stereocenters. The van der Waals surface area contributed by atoms with E-state index in [4.69, 9.17) is 20.3 Å². The highest BCUT2D eigenvalue weighted by molar-refractivity contribution is 6.45. The van der Waals surface area contributed by atoms with Gasteiger partial charge in [-0.15, -0.1) is 0 Å². The van der Waals surface area contributed by atoms with Crippen molar-refractivity contribution in [3.63, 3.8) is 0 Å². The number of carbonyl (C=O) groups is 3. The Morgan fingerprint density at radius 2 is 1.88 bits per heavy atom. The molecule has 0 spiro atoms. The summed E-state index contributed by atoms with van der Waals surface area (Å²) >= 11 is 0. The van der Waals surface area contributed by atoms with Gasteiger partial charge >= 0.3 is 5.97 Å². The maximum Gasteiger partial charge on any atom is 0.341 e. The number of nitrogens with two attached hydrogens (primary N) is 1. The van der Waals surface area contributed by atoms with E-state index in [-0.39, 0.29) is 17.4 Å². The summed E-state index contributed by atoms with van der Waals surface area (Å²) in [6.45, 7) is 1.72. The number of carbonyl (C=O) groups excluding carboxylic acids is 2. The van der Waals surface area contributed by atoms with Gasteiger partial charge < -0.3 is 24.9 Å². The molecule has 1 aliphatic carbocycles. The number of carboxylic acid groups (broad SMARTS) is 1. The Bertz CT molecular complexity index is 1190. The Morgan fingerprint density at radius 3 is 2.47 bits per heavy atom. The lowest BCUT2D eigenvalue weighted by Gasteiger charge is -2.13. The molecule has 1 aromatic heterocycles. The highest BCUT2D eigenvalue weighted by Crippen LogP contribution is 2.40. The van der Waals surface area contributed by atoms with E-state index in [1.165, 1.54) is 0 Å². The number of hydrogen-bond donors (Lipinski definition) is 2. The molecule has 1 fully saturated rings. The van der Waals surface area contributed by atoms with Gasteiger partial charge in [-0.1, -0.05) is 37.3 Å². The summed E-state index contributed by atoms with van der Waals surface area (Å²) in [7, 11) is 0. The maximum atomic E-state index is 12.9. The lowest BCUT2D eigenvalue weighted by Crippen LogP contribution is -2.24. The van der Waals surface area contributed by atoms with Crippen molar-refractivity contribution in [2.24, 2.45) is 5.73 Å². The lowest BCUT2D eigenvalue weighted by atomic mass is 10.0. The van der Waals surface area contributed by atoms with Gasteiger partial charge in [0.15, 0.2) is 6.61 Å². The van der Waals surface area contributed by atoms with Crippen LogP contribution in [-0.2, 0) is 22.6 Å². The molecule has 1 aliphatic rings. The van der Waals surface area contributed by atoms with E-state index in [2.05, 4.69) is 0 Å². The molecule has 3 N–H and O–H groups in total. The normalized spacial score (nSPS) is 13.2. The Kier molecular flexibility index (Phi) is 5.85. The van der Waals surface area contributed by atoms with E-state index in [0.717, 1.165) is 18.4 Å². The van der Waals surface area contributed by atoms with Crippen LogP contribution >= 0.6 is 0 Å². The monoisotopic (exact) mass is 436 g/mol. The number of Topliss-reactive ketones (excluding diaryl/α,β-unsaturated/α-hetero) is 1. The Balaban J connectivity index is 1.98. The van der Waals surface area contributed by atoms with Gasteiger partial charge in [0.25, 0.3) is 11.7 Å². The topological polar surface area (TPSA) is 121 Å². The van der Waals surface area contributed by atoms with E-state index in [1.54, 1.807) is 12.1 Å². The van der Waals surface area contributed by atoms with Crippen molar-refractivity contribution in [3.8, 4) is 11.5 Å². The van der Waals surface area contributed by atoms with Crippen LogP contribution in [0.25, 0.3) is 10.9 Å². The first-order valence-corrected chi connectivity index (χ1v) is 10.5. The van der Waals surface area contributed by atoms with Gasteiger partial charge in [0.2, 0.25) is 0 Å². The summed E-state index contributed by atoms with van der Waals surface area (Å²) in [6.07, 6.45) is 2.45. The van der Waals surface area contributed by atoms with Crippen LogP contribution in [0.4, 0.5) is 0 Å². The van der Waals surface area contributed by atoms with Crippen molar-refractivity contribution < 1.29 is 29.0 Å². The predicted octanol–water partition coefficient (Wildman–Crippen LogP) is 2.92. The minimum Gasteiger partial charge on any atom is -0.490 e. The number of benzene rings is 2. The molecule has 0 radical (unpaired) electrons. The van der Waals surface area contributed by atoms with Gasteiger partial charge in [0.1, 0.15) is 11.5 Å². The summed E-state index contributed by atoms with van der Waals surface area (Å²) in [4.78, 5) is 35.9. The van der Waals surface area contributed by atoms with E-state index in [1.807, 2.05) is 41.8 Å². The average molecular weight is 436 g/mol. The zero-order valence-electron chi connectivity index (χ0n) is 17.7. The zero-order chi connectivity index (χ0) is 22.8. The SMILES string of the molecule is CCc1c(C(=O)C(N)=O)c2c(OCC(=O)O)cc(OC3CC3)cc2n1Cc1ccccc1. The number of nitrogens with zero attached hydrogens (tertiary/aromatic N) is 1. The smallest absolute Gasteiger partial charge is 0.341 e. The van der Waals surface area contributed by atoms with E-state index in [0.29, 0.717) is 35.3 Å². The second-order valence-electron chi connectivity index (χ2n) is 7.76. The summed E-state index contributed by atoms with van der Waals surface area (Å²) in [5.41, 5.74) is 7.75. The number of fused-ring (bicyclic) bond motifs is 1. The number of aliphatic carboxylic acids is 1. The van der Waals surface area contributed by atoms with Crippen molar-refractivity contribution in [1.82, 2.24) is 4.57 Å². The van der Waals surface area contributed by atoms with Gasteiger partial charge in [-0.2, -0.15) is 0 Å². The molecule has 4 rings (SSSR count). The molecule has 0 saturated heterocycles. The highest BCUT2D eigenvalue weighted by atomic mass is 16.5. The Labute approximate surface area is 184 Å². The van der Waals surface area contributed by atoms with Crippen molar-refractivity contribution in [2.45, 2.75) is 38.8 Å². The molecule has 1 amide bonds. The van der Waals surface area contributed by atoms with Crippen LogP contribution in [0.3, 0.4) is 0 Å². The summed E-state index contributed by atoms with van der Waals surface area (Å²) < 4.78 is 13.5. The minimum atomic E-state index is -1.16. The number of ketones is 1. The fourth-order valence-electron chi connectivity index (χ4n) is 3.85. The fourth-order valence-corrected chi connectivity index (χ4v) is 3.85. The first-order valence-electron chi connectivity index (χ1n) is 10.5. The van der Waals surface area contributed by atoms with Crippen LogP contribution in [0.1, 0.15) is 41.4 Å². The summed E-state index contributed by atoms with van der Waals surface area (Å²) in [5, 5.41) is 9.50. The number of aromatic nitrogens is 1. The predicted molar refractivity (Wildman–Crippen MR) is 117 cm³/mol. The lowest BCUT2D eigenvalue weighted by molar-refractivity contribution is -0.139. The number of carboxylic acids is 1. The first kappa shape index (κ1) is 21.4. The van der Waals surface area contributed by atoms with Crippen molar-refractivity contribution >= 4 is 28.6 Å². The van der Waals surface area contributed by atoms with Crippen molar-refractivity contribution in [1.29, 1.82) is 0 Å². The second kappa shape index (κ2) is 8.74. The van der Waals surface area contributed by atoms with E-state index < -0.39 is 24.3 Å². The standard InChI is InChI=1S/C24H24N2O6/c1-2-17-22(23(29)24(25)30)21-18(26(17)12-14-6-4-3-5-7-14)10-16(32-15-8-9-15)11-19(21)31-13-20(27)28/h3-7,10-11,15H,2,8-9,12-13H2,1H3,(H2,25,30)(H,27,28).